The average Bonchev–Trinajstić information content (AvgIpc) is 3.12. The smallest absolute Gasteiger partial charge is 0.287 e. The van der Waals surface area contributed by atoms with Gasteiger partial charge >= 0.3 is 0 Å². The van der Waals surface area contributed by atoms with Gasteiger partial charge in [0.15, 0.2) is 5.76 Å². The minimum absolute atomic E-state index is 0.0367. The number of rotatable bonds is 7. The number of hydrogen-bond acceptors (Lipinski definition) is 5. The third kappa shape index (κ3) is 5.31. The Bertz CT molecular complexity index is 563. The van der Waals surface area contributed by atoms with Crippen LogP contribution in [-0.4, -0.2) is 61.1 Å². The van der Waals surface area contributed by atoms with Gasteiger partial charge in [0.2, 0.25) is 5.91 Å². The predicted octanol–water partition coefficient (Wildman–Crippen LogP) is 1.26. The average molecular weight is 351 g/mol. The van der Waals surface area contributed by atoms with Gasteiger partial charge < -0.3 is 19.8 Å². The van der Waals surface area contributed by atoms with Crippen LogP contribution in [0.1, 0.15) is 38.2 Å². The van der Waals surface area contributed by atoms with Gasteiger partial charge in [-0.3, -0.25) is 14.5 Å². The zero-order valence-electron chi connectivity index (χ0n) is 15.5. The van der Waals surface area contributed by atoms with Gasteiger partial charge in [0, 0.05) is 25.2 Å². The van der Waals surface area contributed by atoms with Crippen LogP contribution in [0, 0.1) is 5.92 Å². The highest BCUT2D eigenvalue weighted by atomic mass is 16.5. The number of carbonyl (C=O) groups excluding carboxylic acids is 2. The second-order valence-electron chi connectivity index (χ2n) is 7.30. The Hall–Kier alpha value is -1.86. The van der Waals surface area contributed by atoms with Crippen LogP contribution in [0.5, 0.6) is 0 Å². The number of nitrogens with one attached hydrogen (secondary N) is 2. The molecule has 140 valence electrons. The maximum Gasteiger partial charge on any atom is 0.287 e. The molecule has 1 aliphatic heterocycles. The molecule has 2 heterocycles. The maximum atomic E-state index is 12.6. The number of amides is 2. The van der Waals surface area contributed by atoms with Crippen LogP contribution in [0.2, 0.25) is 0 Å². The zero-order valence-corrected chi connectivity index (χ0v) is 15.5. The number of morpholine rings is 1. The lowest BCUT2D eigenvalue weighted by Crippen LogP contribution is -2.58. The Labute approximate surface area is 149 Å². The van der Waals surface area contributed by atoms with E-state index in [4.69, 9.17) is 9.15 Å². The normalized spacial score (nSPS) is 17.3. The van der Waals surface area contributed by atoms with Crippen molar-refractivity contribution in [1.82, 2.24) is 15.5 Å². The molecule has 2 N–H and O–H groups in total. The molecule has 0 saturated carbocycles. The van der Waals surface area contributed by atoms with E-state index >= 15 is 0 Å². The molecule has 1 aliphatic rings. The number of hydrogen-bond donors (Lipinski definition) is 2. The molecule has 0 aliphatic carbocycles. The van der Waals surface area contributed by atoms with Gasteiger partial charge in [0.05, 0.1) is 19.5 Å². The molecule has 1 unspecified atom stereocenters. The van der Waals surface area contributed by atoms with Crippen LogP contribution in [0.15, 0.2) is 22.8 Å². The summed E-state index contributed by atoms with van der Waals surface area (Å²) in [5.74, 6) is -0.403. The van der Waals surface area contributed by atoms with Crippen molar-refractivity contribution < 1.29 is 18.7 Å². The first-order valence-electron chi connectivity index (χ1n) is 8.76. The second-order valence-corrected chi connectivity index (χ2v) is 7.30. The first-order chi connectivity index (χ1) is 11.8. The van der Waals surface area contributed by atoms with Crippen molar-refractivity contribution in [3.63, 3.8) is 0 Å². The van der Waals surface area contributed by atoms with Gasteiger partial charge in [-0.05, 0) is 31.9 Å². The summed E-state index contributed by atoms with van der Waals surface area (Å²) in [4.78, 5) is 27.1. The van der Waals surface area contributed by atoms with Crippen LogP contribution in [0.4, 0.5) is 0 Å². The fraction of sp³-hybridized carbons (Fsp3) is 0.667. The SMILES string of the molecule is CC(C)C(NC(=O)c1ccco1)C(=O)NCC(C)(C)N1CCOCC1. The second kappa shape index (κ2) is 8.49. The molecule has 1 aromatic rings. The molecule has 1 aromatic heterocycles. The van der Waals surface area contributed by atoms with Gasteiger partial charge in [-0.25, -0.2) is 0 Å². The number of ether oxygens (including phenoxy) is 1. The fourth-order valence-corrected chi connectivity index (χ4v) is 2.85. The summed E-state index contributed by atoms with van der Waals surface area (Å²) >= 11 is 0. The Kier molecular flexibility index (Phi) is 6.61. The summed E-state index contributed by atoms with van der Waals surface area (Å²) in [6.45, 7) is 11.6. The van der Waals surface area contributed by atoms with Crippen molar-refractivity contribution >= 4 is 11.8 Å². The van der Waals surface area contributed by atoms with E-state index in [1.165, 1.54) is 6.26 Å². The third-order valence-electron chi connectivity index (χ3n) is 4.54. The van der Waals surface area contributed by atoms with Gasteiger partial charge in [-0.15, -0.1) is 0 Å². The van der Waals surface area contributed by atoms with Crippen molar-refractivity contribution in [2.45, 2.75) is 39.3 Å². The van der Waals surface area contributed by atoms with Gasteiger partial charge in [-0.1, -0.05) is 13.8 Å². The van der Waals surface area contributed by atoms with Crippen molar-refractivity contribution in [3.8, 4) is 0 Å². The molecular weight excluding hydrogens is 322 g/mol. The lowest BCUT2D eigenvalue weighted by molar-refractivity contribution is -0.124. The summed E-state index contributed by atoms with van der Waals surface area (Å²) in [7, 11) is 0. The van der Waals surface area contributed by atoms with Crippen LogP contribution >= 0.6 is 0 Å². The van der Waals surface area contributed by atoms with Crippen LogP contribution in [0.3, 0.4) is 0 Å². The Morgan fingerprint density at radius 2 is 1.96 bits per heavy atom. The minimum Gasteiger partial charge on any atom is -0.459 e. The van der Waals surface area contributed by atoms with E-state index in [0.29, 0.717) is 19.8 Å². The molecule has 7 heteroatoms. The highest BCUT2D eigenvalue weighted by Crippen LogP contribution is 2.15. The minimum atomic E-state index is -0.613. The van der Waals surface area contributed by atoms with Crippen molar-refractivity contribution in [3.05, 3.63) is 24.2 Å². The zero-order chi connectivity index (χ0) is 18.4. The molecule has 0 radical (unpaired) electrons. The van der Waals surface area contributed by atoms with Crippen molar-refractivity contribution in [2.24, 2.45) is 5.92 Å². The van der Waals surface area contributed by atoms with E-state index in [9.17, 15) is 9.59 Å². The number of furan rings is 1. The van der Waals surface area contributed by atoms with E-state index in [1.54, 1.807) is 12.1 Å². The van der Waals surface area contributed by atoms with Gasteiger partial charge in [0.1, 0.15) is 6.04 Å². The van der Waals surface area contributed by atoms with Crippen molar-refractivity contribution in [2.75, 3.05) is 32.8 Å². The maximum absolute atomic E-state index is 12.6. The van der Waals surface area contributed by atoms with E-state index in [0.717, 1.165) is 13.1 Å². The van der Waals surface area contributed by atoms with E-state index in [2.05, 4.69) is 29.4 Å². The molecule has 2 rings (SSSR count). The largest absolute Gasteiger partial charge is 0.459 e. The number of nitrogens with zero attached hydrogens (tertiary/aromatic N) is 1. The summed E-state index contributed by atoms with van der Waals surface area (Å²) in [5, 5.41) is 5.74. The molecule has 1 fully saturated rings. The van der Waals surface area contributed by atoms with Gasteiger partial charge in [-0.2, -0.15) is 0 Å². The van der Waals surface area contributed by atoms with Crippen LogP contribution < -0.4 is 10.6 Å². The van der Waals surface area contributed by atoms with E-state index in [1.807, 2.05) is 13.8 Å². The first kappa shape index (κ1) is 19.5. The standard InChI is InChI=1S/C18H29N3O4/c1-13(2)15(20-16(22)14-6-5-9-25-14)17(23)19-12-18(3,4)21-7-10-24-11-8-21/h5-6,9,13,15H,7-8,10-12H2,1-4H3,(H,19,23)(H,20,22). The molecule has 1 saturated heterocycles. The van der Waals surface area contributed by atoms with Gasteiger partial charge in [0.25, 0.3) is 5.91 Å². The summed E-state index contributed by atoms with van der Waals surface area (Å²) in [6.07, 6.45) is 1.43. The molecule has 1 atom stereocenters. The highest BCUT2D eigenvalue weighted by molar-refractivity contribution is 5.95. The number of carbonyl (C=O) groups is 2. The predicted molar refractivity (Wildman–Crippen MR) is 94.3 cm³/mol. The van der Waals surface area contributed by atoms with Crippen molar-refractivity contribution in [1.29, 1.82) is 0 Å². The molecule has 2 amide bonds. The van der Waals surface area contributed by atoms with E-state index < -0.39 is 6.04 Å². The summed E-state index contributed by atoms with van der Waals surface area (Å²) in [5.41, 5.74) is -0.175. The monoisotopic (exact) mass is 351 g/mol. The van der Waals surface area contributed by atoms with E-state index in [-0.39, 0.29) is 29.0 Å². The topological polar surface area (TPSA) is 83.8 Å². The summed E-state index contributed by atoms with van der Waals surface area (Å²) in [6, 6.07) is 2.61. The highest BCUT2D eigenvalue weighted by Gasteiger charge is 2.31. The summed E-state index contributed by atoms with van der Waals surface area (Å²) < 4.78 is 10.5. The molecule has 7 nitrogen and oxygen atoms in total. The Morgan fingerprint density at radius 3 is 2.52 bits per heavy atom. The third-order valence-corrected chi connectivity index (χ3v) is 4.54. The van der Waals surface area contributed by atoms with Crippen LogP contribution in [0.25, 0.3) is 0 Å². The molecule has 0 spiro atoms. The lowest BCUT2D eigenvalue weighted by Gasteiger charge is -2.41. The Balaban J connectivity index is 1.92. The first-order valence-corrected chi connectivity index (χ1v) is 8.76. The fourth-order valence-electron chi connectivity index (χ4n) is 2.85. The lowest BCUT2D eigenvalue weighted by atomic mass is 10.00. The molecule has 25 heavy (non-hydrogen) atoms. The quantitative estimate of drug-likeness (QED) is 0.773. The van der Waals surface area contributed by atoms with Crippen LogP contribution in [-0.2, 0) is 9.53 Å². The molecular formula is C18H29N3O4. The molecule has 0 aromatic carbocycles. The molecule has 0 bridgehead atoms. The Morgan fingerprint density at radius 1 is 1.28 bits per heavy atom.